The molecule has 0 bridgehead atoms. The Kier molecular flexibility index (Phi) is 11.4. The van der Waals surface area contributed by atoms with Gasteiger partial charge in [0.2, 0.25) is 17.6 Å². The van der Waals surface area contributed by atoms with E-state index in [9.17, 15) is 19.9 Å². The van der Waals surface area contributed by atoms with Gasteiger partial charge in [0.05, 0.1) is 13.7 Å². The van der Waals surface area contributed by atoms with E-state index in [1.807, 2.05) is 69.3 Å². The summed E-state index contributed by atoms with van der Waals surface area (Å²) >= 11 is 1.96. The Bertz CT molecular complexity index is 1900. The first-order valence-corrected chi connectivity index (χ1v) is 18.2. The molecule has 0 spiro atoms. The Morgan fingerprint density at radius 2 is 1.96 bits per heavy atom. The molecule has 50 heavy (non-hydrogen) atoms. The number of nitrogens with two attached hydrogens (primary N) is 1. The van der Waals surface area contributed by atoms with Gasteiger partial charge in [0.25, 0.3) is 0 Å². The molecule has 4 N–H and O–H groups in total. The third-order valence-corrected chi connectivity index (χ3v) is 9.91. The van der Waals surface area contributed by atoms with Crippen molar-refractivity contribution in [2.75, 3.05) is 26.1 Å². The van der Waals surface area contributed by atoms with Crippen molar-refractivity contribution >= 4 is 64.6 Å². The summed E-state index contributed by atoms with van der Waals surface area (Å²) in [5.41, 5.74) is 4.37. The number of nitrogen functional groups attached to an aromatic ring is 1. The summed E-state index contributed by atoms with van der Waals surface area (Å²) in [4.78, 5) is 39.4. The third-order valence-electron chi connectivity index (χ3n) is 8.37. The van der Waals surface area contributed by atoms with Gasteiger partial charge in [-0.05, 0) is 29.7 Å². The van der Waals surface area contributed by atoms with Gasteiger partial charge in [-0.2, -0.15) is 9.97 Å². The van der Waals surface area contributed by atoms with E-state index in [-0.39, 0.29) is 53.5 Å². The molecule has 4 aromatic rings. The third kappa shape index (κ3) is 7.90. The Hall–Kier alpha value is -3.41. The fourth-order valence-electron chi connectivity index (χ4n) is 5.44. The van der Waals surface area contributed by atoms with Crippen LogP contribution in [0.15, 0.2) is 41.1 Å². The smallest absolute Gasteiger partial charge is 0.395 e. The summed E-state index contributed by atoms with van der Waals surface area (Å²) in [5, 5.41) is 24.2. The molecule has 1 unspecified atom stereocenters. The Labute approximate surface area is 304 Å². The minimum absolute atomic E-state index is 0.0730. The molecule has 0 amide bonds. The summed E-state index contributed by atoms with van der Waals surface area (Å²) < 4.78 is 35.3. The van der Waals surface area contributed by atoms with Gasteiger partial charge in [0.1, 0.15) is 24.4 Å². The lowest BCUT2D eigenvalue weighted by Gasteiger charge is -2.27. The number of aliphatic hydroxyl groups is 2. The molecule has 15 nitrogen and oxygen atoms in total. The fourth-order valence-corrected chi connectivity index (χ4v) is 7.08. The molecule has 1 aliphatic rings. The van der Waals surface area contributed by atoms with E-state index < -0.39 is 44.2 Å². The van der Waals surface area contributed by atoms with Gasteiger partial charge in [-0.15, -0.1) is 0 Å². The van der Waals surface area contributed by atoms with Gasteiger partial charge in [-0.1, -0.05) is 76.1 Å². The van der Waals surface area contributed by atoms with Crippen LogP contribution < -0.4 is 24.6 Å². The number of hydrogen-bond acceptors (Lipinski definition) is 14. The van der Waals surface area contributed by atoms with Crippen LogP contribution in [0.3, 0.4) is 0 Å². The van der Waals surface area contributed by atoms with Gasteiger partial charge in [0, 0.05) is 28.0 Å². The number of nitrogens with zero attached hydrogens (tertiary/aromatic N) is 5. The Morgan fingerprint density at radius 3 is 2.64 bits per heavy atom. The number of anilines is 1. The second kappa shape index (κ2) is 15.1. The Morgan fingerprint density at radius 1 is 1.24 bits per heavy atom. The number of rotatable bonds is 12. The average molecular weight is 825 g/mol. The van der Waals surface area contributed by atoms with Crippen LogP contribution in [0.2, 0.25) is 0 Å². The molecule has 7 atom stereocenters. The first-order chi connectivity index (χ1) is 23.5. The number of methoxy groups -OCH3 is 1. The monoisotopic (exact) mass is 824 g/mol. The number of hydrogen-bond donors (Lipinski definition) is 3. The van der Waals surface area contributed by atoms with Crippen LogP contribution in [0.4, 0.5) is 5.95 Å². The standard InChI is InChI=1S/C33H42IN6O9P/c1-8-17(2)22(28(42)47-16-32(3,4)5)39-50(44)49-24-19-12-10-9-11-18(19)13-14-20(24)46-15-21-25(41)33(6,43)29(48-21)40-26-23(36-30(40)34)27(45-7)38-31(35)37-26/h9-14,17,21-22,25,29,41,43H,8,15-16H2,1-7H3,(H2,35,37,38)/t17-,21-,22+,25-,29-,33-/m1/s1. The predicted octanol–water partition coefficient (Wildman–Crippen LogP) is 4.50. The molecular formula is C33H42IN6O9P. The number of carbonyl (C=O) groups is 1. The number of halogens is 1. The maximum Gasteiger partial charge on any atom is 0.395 e. The zero-order chi connectivity index (χ0) is 36.5. The number of fused-ring (bicyclic) bond motifs is 2. The molecular weight excluding hydrogens is 782 g/mol. The van der Waals surface area contributed by atoms with Gasteiger partial charge in [-0.25, -0.2) is 9.78 Å². The van der Waals surface area contributed by atoms with Crippen LogP contribution in [0.25, 0.3) is 21.9 Å². The van der Waals surface area contributed by atoms with E-state index in [0.29, 0.717) is 21.2 Å². The van der Waals surface area contributed by atoms with Crippen molar-refractivity contribution in [3.8, 4) is 17.4 Å². The largest absolute Gasteiger partial charge is 0.575 e. The van der Waals surface area contributed by atoms with Crippen molar-refractivity contribution in [3.05, 3.63) is 40.2 Å². The minimum atomic E-state index is -2.77. The van der Waals surface area contributed by atoms with E-state index in [0.717, 1.165) is 5.39 Å². The van der Waals surface area contributed by atoms with Gasteiger partial charge >= 0.3 is 14.1 Å². The molecule has 0 radical (unpaired) electrons. The van der Waals surface area contributed by atoms with Crippen molar-refractivity contribution in [1.29, 1.82) is 0 Å². The number of esters is 1. The highest BCUT2D eigenvalue weighted by Gasteiger charge is 2.54. The van der Waals surface area contributed by atoms with Crippen molar-refractivity contribution in [2.24, 2.45) is 16.1 Å². The van der Waals surface area contributed by atoms with Crippen molar-refractivity contribution in [3.63, 3.8) is 0 Å². The SMILES string of the molecule is CC[C@@H](C)[C@H](N=[P+]([O-])Oc1c(OC[C@H]2O[C@@H](n3c(I)nc4c(OC)nc(N)nc43)[C@](C)(O)[C@@H]2O)ccc2ccccc12)C(=O)OCC(C)(C)C. The molecule has 270 valence electrons. The number of aromatic nitrogens is 4. The van der Waals surface area contributed by atoms with Crippen LogP contribution in [0, 0.1) is 15.2 Å². The molecule has 1 aliphatic heterocycles. The number of aliphatic hydroxyl groups excluding tert-OH is 1. The molecule has 0 aliphatic carbocycles. The summed E-state index contributed by atoms with van der Waals surface area (Å²) in [6.45, 7) is 11.0. The summed E-state index contributed by atoms with van der Waals surface area (Å²) in [7, 11) is -1.35. The highest BCUT2D eigenvalue weighted by atomic mass is 127. The quantitative estimate of drug-likeness (QED) is 0.0779. The number of carbonyl (C=O) groups excluding carboxylic acids is 1. The Balaban J connectivity index is 1.42. The molecule has 2 aromatic carbocycles. The van der Waals surface area contributed by atoms with Gasteiger partial charge < -0.3 is 39.8 Å². The van der Waals surface area contributed by atoms with Crippen molar-refractivity contribution in [2.45, 2.75) is 78.0 Å². The maximum absolute atomic E-state index is 13.5. The highest BCUT2D eigenvalue weighted by molar-refractivity contribution is 14.1. The lowest BCUT2D eigenvalue weighted by atomic mass is 9.96. The molecule has 1 saturated heterocycles. The van der Waals surface area contributed by atoms with E-state index in [4.69, 9.17) is 29.2 Å². The highest BCUT2D eigenvalue weighted by Crippen LogP contribution is 2.44. The minimum Gasteiger partial charge on any atom is -0.575 e. The van der Waals surface area contributed by atoms with E-state index in [1.165, 1.54) is 18.6 Å². The maximum atomic E-state index is 13.5. The first kappa shape index (κ1) is 37.8. The molecule has 2 aromatic heterocycles. The first-order valence-electron chi connectivity index (χ1n) is 16.0. The number of benzene rings is 2. The van der Waals surface area contributed by atoms with E-state index in [2.05, 4.69) is 19.7 Å². The van der Waals surface area contributed by atoms with Gasteiger partial charge in [-0.3, -0.25) is 9.09 Å². The molecule has 3 heterocycles. The van der Waals surface area contributed by atoms with Gasteiger partial charge in [0.15, 0.2) is 33.0 Å². The second-order valence-electron chi connectivity index (χ2n) is 13.6. The van der Waals surface area contributed by atoms with E-state index in [1.54, 1.807) is 24.3 Å². The average Bonchev–Trinajstić information content (AvgIpc) is 3.50. The van der Waals surface area contributed by atoms with Crippen LogP contribution in [0.5, 0.6) is 17.4 Å². The summed E-state index contributed by atoms with van der Waals surface area (Å²) in [6, 6.07) is 9.71. The van der Waals surface area contributed by atoms with Crippen molar-refractivity contribution in [1.82, 2.24) is 19.5 Å². The molecule has 17 heteroatoms. The fraction of sp³-hybridized carbons (Fsp3) is 0.515. The van der Waals surface area contributed by atoms with Crippen LogP contribution in [0.1, 0.15) is 54.2 Å². The topological polar surface area (TPSA) is 209 Å². The molecule has 1 fully saturated rings. The predicted molar refractivity (Wildman–Crippen MR) is 193 cm³/mol. The lowest BCUT2D eigenvalue weighted by Crippen LogP contribution is -2.45. The molecule has 0 saturated carbocycles. The summed E-state index contributed by atoms with van der Waals surface area (Å²) in [6.07, 6.45) is -3.03. The zero-order valence-electron chi connectivity index (χ0n) is 28.9. The normalized spacial score (nSPS) is 22.5. The van der Waals surface area contributed by atoms with Crippen LogP contribution in [-0.2, 0) is 14.3 Å². The van der Waals surface area contributed by atoms with Crippen LogP contribution in [-0.4, -0.2) is 79.9 Å². The van der Waals surface area contributed by atoms with Crippen LogP contribution >= 0.6 is 30.8 Å². The van der Waals surface area contributed by atoms with Crippen molar-refractivity contribution < 1.29 is 43.4 Å². The zero-order valence-corrected chi connectivity index (χ0v) is 31.9. The number of imidazole rings is 1. The molecule has 5 rings (SSSR count). The van der Waals surface area contributed by atoms with E-state index >= 15 is 0 Å². The lowest BCUT2D eigenvalue weighted by molar-refractivity contribution is -0.170. The summed E-state index contributed by atoms with van der Waals surface area (Å²) in [5.74, 6) is -0.440. The second-order valence-corrected chi connectivity index (χ2v) is 15.4. The number of ether oxygens (including phenoxy) is 4.